The molecule has 0 saturated carbocycles. The lowest BCUT2D eigenvalue weighted by molar-refractivity contribution is -0.125. The van der Waals surface area contributed by atoms with E-state index in [1.54, 1.807) is 4.68 Å². The molecule has 2 N–H and O–H groups in total. The summed E-state index contributed by atoms with van der Waals surface area (Å²) in [7, 11) is -2.30. The molecule has 1 amide bonds. The first-order valence-corrected chi connectivity index (χ1v) is 9.19. The van der Waals surface area contributed by atoms with Crippen molar-refractivity contribution in [2.75, 3.05) is 7.05 Å². The van der Waals surface area contributed by atoms with Crippen LogP contribution >= 0.6 is 0 Å². The van der Waals surface area contributed by atoms with Crippen LogP contribution in [0.25, 0.3) is 0 Å². The van der Waals surface area contributed by atoms with Gasteiger partial charge in [-0.1, -0.05) is 0 Å². The molecule has 0 unspecified atom stereocenters. The molecule has 2 rings (SSSR count). The van der Waals surface area contributed by atoms with Crippen LogP contribution in [0, 0.1) is 6.92 Å². The average molecular weight is 343 g/mol. The van der Waals surface area contributed by atoms with Crippen molar-refractivity contribution in [2.45, 2.75) is 58.8 Å². The Hall–Kier alpha value is -1.45. The van der Waals surface area contributed by atoms with Gasteiger partial charge in [-0.2, -0.15) is 22.5 Å². The van der Waals surface area contributed by atoms with Gasteiger partial charge in [0.15, 0.2) is 0 Å². The number of rotatable bonds is 4. The summed E-state index contributed by atoms with van der Waals surface area (Å²) in [4.78, 5) is 12.4. The number of hydrogen-bond donors (Lipinski definition) is 2. The van der Waals surface area contributed by atoms with Crippen LogP contribution in [0.3, 0.4) is 0 Å². The number of carbonyl (C=O) groups is 1. The fourth-order valence-corrected chi connectivity index (χ4v) is 4.00. The first-order valence-electron chi connectivity index (χ1n) is 7.75. The third-order valence-corrected chi connectivity index (χ3v) is 5.58. The predicted octanol–water partition coefficient (Wildman–Crippen LogP) is 0.316. The normalized spacial score (nSPS) is 24.8. The minimum Gasteiger partial charge on any atom is -0.353 e. The van der Waals surface area contributed by atoms with E-state index >= 15 is 0 Å². The maximum atomic E-state index is 12.4. The van der Waals surface area contributed by atoms with Gasteiger partial charge in [0.25, 0.3) is 10.2 Å². The van der Waals surface area contributed by atoms with Crippen molar-refractivity contribution in [3.8, 4) is 0 Å². The number of hydrogen-bond acceptors (Lipinski definition) is 4. The molecule has 130 valence electrons. The number of nitrogens with zero attached hydrogens (tertiary/aromatic N) is 3. The highest BCUT2D eigenvalue weighted by Crippen LogP contribution is 2.29. The molecule has 2 atom stereocenters. The quantitative estimate of drug-likeness (QED) is 0.823. The van der Waals surface area contributed by atoms with E-state index < -0.39 is 22.3 Å². The number of carbonyl (C=O) groups excluding carboxylic acids is 1. The molecule has 23 heavy (non-hydrogen) atoms. The Morgan fingerprint density at radius 3 is 2.70 bits per heavy atom. The highest BCUT2D eigenvalue weighted by molar-refractivity contribution is 7.87. The fourth-order valence-electron chi connectivity index (χ4n) is 2.73. The molecule has 0 bridgehead atoms. The van der Waals surface area contributed by atoms with Crippen molar-refractivity contribution in [1.29, 1.82) is 0 Å². The van der Waals surface area contributed by atoms with Gasteiger partial charge in [-0.25, -0.2) is 0 Å². The van der Waals surface area contributed by atoms with Gasteiger partial charge in [-0.3, -0.25) is 9.48 Å². The second-order valence-corrected chi connectivity index (χ2v) is 7.89. The Balaban J connectivity index is 2.32. The minimum absolute atomic E-state index is 0.0449. The Kier molecular flexibility index (Phi) is 5.12. The van der Waals surface area contributed by atoms with E-state index in [1.165, 1.54) is 7.05 Å². The number of aryl methyl sites for hydroxylation is 2. The van der Waals surface area contributed by atoms with Crippen molar-refractivity contribution in [1.82, 2.24) is 24.1 Å². The lowest BCUT2D eigenvalue weighted by Crippen LogP contribution is -2.57. The highest BCUT2D eigenvalue weighted by atomic mass is 32.2. The molecule has 1 aliphatic heterocycles. The third kappa shape index (κ3) is 3.73. The highest BCUT2D eigenvalue weighted by Gasteiger charge is 2.41. The van der Waals surface area contributed by atoms with Gasteiger partial charge in [0, 0.05) is 31.4 Å². The van der Waals surface area contributed by atoms with Gasteiger partial charge >= 0.3 is 0 Å². The summed E-state index contributed by atoms with van der Waals surface area (Å²) in [5.74, 6) is -0.280. The predicted molar refractivity (Wildman–Crippen MR) is 86.9 cm³/mol. The molecular weight excluding hydrogens is 318 g/mol. The Bertz CT molecular complexity index is 683. The second-order valence-electron chi connectivity index (χ2n) is 6.13. The largest absolute Gasteiger partial charge is 0.353 e. The molecule has 1 aliphatic rings. The topological polar surface area (TPSA) is 96.3 Å². The number of amides is 1. The summed E-state index contributed by atoms with van der Waals surface area (Å²) < 4.78 is 30.2. The molecule has 0 spiro atoms. The van der Waals surface area contributed by atoms with Crippen molar-refractivity contribution < 1.29 is 13.2 Å². The maximum Gasteiger partial charge on any atom is 0.280 e. The number of likely N-dealkylation sites (N-methyl/N-ethyl adjacent to an activating group) is 1. The molecule has 1 aromatic rings. The lowest BCUT2D eigenvalue weighted by atomic mass is 10.00. The zero-order valence-corrected chi connectivity index (χ0v) is 15.0. The maximum absolute atomic E-state index is 12.4. The standard InChI is InChI=1S/C14H25N5O3S/c1-6-19-8-11(10(4)16-19)12-7-13(14(20)15-9(2)3)18(5)23(21,22)17-12/h8-9,12-13,17H,6-7H2,1-5H3,(H,15,20)/t12-,13-/m1/s1. The van der Waals surface area contributed by atoms with E-state index in [0.29, 0.717) is 13.0 Å². The molecule has 2 heterocycles. The average Bonchev–Trinajstić information content (AvgIpc) is 2.82. The Morgan fingerprint density at radius 1 is 1.52 bits per heavy atom. The van der Waals surface area contributed by atoms with Crippen LogP contribution in [0.1, 0.15) is 44.5 Å². The summed E-state index contributed by atoms with van der Waals surface area (Å²) >= 11 is 0. The first-order chi connectivity index (χ1) is 10.7. The summed E-state index contributed by atoms with van der Waals surface area (Å²) in [6.45, 7) is 8.21. The lowest BCUT2D eigenvalue weighted by Gasteiger charge is -2.36. The van der Waals surface area contributed by atoms with Crippen molar-refractivity contribution >= 4 is 16.1 Å². The van der Waals surface area contributed by atoms with E-state index in [0.717, 1.165) is 15.6 Å². The summed E-state index contributed by atoms with van der Waals surface area (Å²) in [6, 6.07) is -1.24. The van der Waals surface area contributed by atoms with E-state index in [2.05, 4.69) is 15.1 Å². The Labute approximate surface area is 137 Å². The zero-order valence-electron chi connectivity index (χ0n) is 14.2. The number of nitrogens with one attached hydrogen (secondary N) is 2. The van der Waals surface area contributed by atoms with Crippen LogP contribution in [-0.4, -0.2) is 47.5 Å². The fraction of sp³-hybridized carbons (Fsp3) is 0.714. The smallest absolute Gasteiger partial charge is 0.280 e. The van der Waals surface area contributed by atoms with E-state index in [-0.39, 0.29) is 11.9 Å². The molecule has 1 saturated heterocycles. The number of aromatic nitrogens is 2. The van der Waals surface area contributed by atoms with Crippen molar-refractivity contribution in [3.63, 3.8) is 0 Å². The summed E-state index contributed by atoms with van der Waals surface area (Å²) in [5, 5.41) is 7.15. The molecule has 8 nitrogen and oxygen atoms in total. The summed E-state index contributed by atoms with van der Waals surface area (Å²) in [5.41, 5.74) is 1.58. The van der Waals surface area contributed by atoms with Crippen LogP contribution in [0.2, 0.25) is 0 Å². The molecule has 9 heteroatoms. The van der Waals surface area contributed by atoms with Gasteiger partial charge in [-0.05, 0) is 34.1 Å². The molecule has 0 aromatic carbocycles. The van der Waals surface area contributed by atoms with Gasteiger partial charge in [0.1, 0.15) is 6.04 Å². The van der Waals surface area contributed by atoms with Gasteiger partial charge in [0.2, 0.25) is 5.91 Å². The minimum atomic E-state index is -3.72. The van der Waals surface area contributed by atoms with Crippen molar-refractivity contribution in [3.05, 3.63) is 17.5 Å². The Morgan fingerprint density at radius 2 is 2.17 bits per heavy atom. The van der Waals surface area contributed by atoms with E-state index in [4.69, 9.17) is 0 Å². The van der Waals surface area contributed by atoms with Gasteiger partial charge in [0.05, 0.1) is 11.7 Å². The van der Waals surface area contributed by atoms with E-state index in [9.17, 15) is 13.2 Å². The third-order valence-electron chi connectivity index (χ3n) is 3.99. The van der Waals surface area contributed by atoms with Gasteiger partial charge < -0.3 is 5.32 Å². The zero-order chi connectivity index (χ0) is 17.4. The molecule has 1 aromatic heterocycles. The monoisotopic (exact) mass is 343 g/mol. The van der Waals surface area contributed by atoms with Crippen LogP contribution in [-0.2, 0) is 21.5 Å². The van der Waals surface area contributed by atoms with E-state index in [1.807, 2.05) is 33.9 Å². The molecule has 0 radical (unpaired) electrons. The van der Waals surface area contributed by atoms with Crippen LogP contribution in [0.4, 0.5) is 0 Å². The first kappa shape index (κ1) is 17.9. The van der Waals surface area contributed by atoms with Crippen molar-refractivity contribution in [2.24, 2.45) is 0 Å². The molecular formula is C14H25N5O3S. The second kappa shape index (κ2) is 6.58. The molecule has 1 fully saturated rings. The molecule has 0 aliphatic carbocycles. The van der Waals surface area contributed by atoms with Crippen LogP contribution in [0.5, 0.6) is 0 Å². The van der Waals surface area contributed by atoms with Gasteiger partial charge in [-0.15, -0.1) is 0 Å². The SMILES string of the molecule is CCn1cc([C@H]2C[C@H](C(=O)NC(C)C)N(C)S(=O)(=O)N2)c(C)n1. The van der Waals surface area contributed by atoms with Crippen LogP contribution < -0.4 is 10.0 Å². The van der Waals surface area contributed by atoms with Crippen LogP contribution in [0.15, 0.2) is 6.20 Å². The summed E-state index contributed by atoms with van der Waals surface area (Å²) in [6.07, 6.45) is 2.20.